The minimum absolute atomic E-state index is 0.265. The van der Waals surface area contributed by atoms with E-state index in [-0.39, 0.29) is 6.42 Å². The summed E-state index contributed by atoms with van der Waals surface area (Å²) in [4.78, 5) is 13.1. The Kier molecular flexibility index (Phi) is 33.1. The molecule has 0 aromatic rings. The summed E-state index contributed by atoms with van der Waals surface area (Å²) < 4.78 is 11.1. The fourth-order valence-electron chi connectivity index (χ4n) is 7.68. The molecule has 1 aliphatic rings. The summed E-state index contributed by atoms with van der Waals surface area (Å²) in [6.45, 7) is 5.72. The topological polar surface area (TPSA) is 189 Å². The first-order valence-corrected chi connectivity index (χ1v) is 23.3. The normalized spacial score (nSPS) is 22.3. The molecule has 0 unspecified atom stereocenters. The standard InChI is InChI=1S/C45H89NO10/c1-4-5-6-7-8-9-10-11-12-13-14-15-16-17-18-23-26-29-32-38(49)44(54)46-36(34-55-45-43(53)42(52)41(51)39(33-47)56-45)40(50)37(48)31-28-25-22-20-19-21-24-27-30-35(2)3/h35-43,45,47-53H,4-34H2,1-3H3,(H,46,54)/t36-,37+,38+,39+,40-,41+,42-,43+,45+/m0/s1. The monoisotopic (exact) mass is 804 g/mol. The molecule has 1 fully saturated rings. The summed E-state index contributed by atoms with van der Waals surface area (Å²) in [5, 5.41) is 75.6. The zero-order valence-corrected chi connectivity index (χ0v) is 36.0. The SMILES string of the molecule is CCCCCCCCCCCCCCCCCCCC[C@@H](O)C(=O)N[C@@H](CO[C@@H]1O[C@H](CO)[C@@H](O)[C@H](O)[C@H]1O)[C@H](O)[C@H](O)CCCCCCCCCCC(C)C. The highest BCUT2D eigenvalue weighted by atomic mass is 16.7. The molecule has 0 aromatic carbocycles. The van der Waals surface area contributed by atoms with Crippen molar-refractivity contribution in [1.29, 1.82) is 0 Å². The second kappa shape index (κ2) is 34.9. The van der Waals surface area contributed by atoms with Crippen molar-refractivity contribution in [3.8, 4) is 0 Å². The van der Waals surface area contributed by atoms with Gasteiger partial charge >= 0.3 is 0 Å². The fourth-order valence-corrected chi connectivity index (χ4v) is 7.68. The predicted octanol–water partition coefficient (Wildman–Crippen LogP) is 7.36. The maximum Gasteiger partial charge on any atom is 0.249 e. The number of unbranched alkanes of at least 4 members (excludes halogenated alkanes) is 24. The number of hydrogen-bond acceptors (Lipinski definition) is 10. The molecular weight excluding hydrogens is 714 g/mol. The summed E-state index contributed by atoms with van der Waals surface area (Å²) >= 11 is 0. The molecule has 1 heterocycles. The third-order valence-electron chi connectivity index (χ3n) is 11.6. The van der Waals surface area contributed by atoms with E-state index in [2.05, 4.69) is 26.1 Å². The van der Waals surface area contributed by atoms with E-state index in [0.717, 1.165) is 44.4 Å². The van der Waals surface area contributed by atoms with Crippen LogP contribution in [0, 0.1) is 5.92 Å². The number of aliphatic hydroxyl groups excluding tert-OH is 7. The molecule has 1 rings (SSSR count). The Bertz CT molecular complexity index is 895. The lowest BCUT2D eigenvalue weighted by molar-refractivity contribution is -0.303. The van der Waals surface area contributed by atoms with Crippen molar-refractivity contribution in [2.24, 2.45) is 5.92 Å². The highest BCUT2D eigenvalue weighted by Gasteiger charge is 2.44. The maximum absolute atomic E-state index is 13.1. The predicted molar refractivity (Wildman–Crippen MR) is 224 cm³/mol. The van der Waals surface area contributed by atoms with E-state index >= 15 is 0 Å². The van der Waals surface area contributed by atoms with Crippen LogP contribution in [0.3, 0.4) is 0 Å². The molecule has 8 N–H and O–H groups in total. The van der Waals surface area contributed by atoms with Crippen LogP contribution in [0.5, 0.6) is 0 Å². The molecule has 334 valence electrons. The summed E-state index contributed by atoms with van der Waals surface area (Å²) in [6.07, 6.45) is 21.7. The molecule has 9 atom stereocenters. The number of ether oxygens (including phenoxy) is 2. The van der Waals surface area contributed by atoms with Gasteiger partial charge in [-0.05, 0) is 18.8 Å². The van der Waals surface area contributed by atoms with Crippen molar-refractivity contribution in [3.05, 3.63) is 0 Å². The van der Waals surface area contributed by atoms with Crippen molar-refractivity contribution in [2.75, 3.05) is 13.2 Å². The van der Waals surface area contributed by atoms with Gasteiger partial charge in [-0.1, -0.05) is 194 Å². The number of nitrogens with one attached hydrogen (secondary N) is 1. The van der Waals surface area contributed by atoms with Crippen LogP contribution in [0.15, 0.2) is 0 Å². The van der Waals surface area contributed by atoms with E-state index in [9.17, 15) is 40.5 Å². The molecule has 0 spiro atoms. The number of amides is 1. The van der Waals surface area contributed by atoms with E-state index in [1.807, 2.05) is 0 Å². The van der Waals surface area contributed by atoms with Crippen molar-refractivity contribution < 1.29 is 50.0 Å². The van der Waals surface area contributed by atoms with Crippen LogP contribution in [0.2, 0.25) is 0 Å². The Morgan fingerprint density at radius 1 is 0.589 bits per heavy atom. The highest BCUT2D eigenvalue weighted by molar-refractivity contribution is 5.80. The van der Waals surface area contributed by atoms with E-state index in [0.29, 0.717) is 19.3 Å². The van der Waals surface area contributed by atoms with Crippen LogP contribution >= 0.6 is 0 Å². The van der Waals surface area contributed by atoms with Gasteiger partial charge in [-0.2, -0.15) is 0 Å². The van der Waals surface area contributed by atoms with Gasteiger partial charge in [0.15, 0.2) is 6.29 Å². The third kappa shape index (κ3) is 25.6. The van der Waals surface area contributed by atoms with Crippen LogP contribution in [-0.4, -0.2) is 110 Å². The van der Waals surface area contributed by atoms with Crippen LogP contribution in [0.25, 0.3) is 0 Å². The molecule has 0 aliphatic carbocycles. The Labute approximate surface area is 341 Å². The van der Waals surface area contributed by atoms with Crippen LogP contribution in [0.4, 0.5) is 0 Å². The van der Waals surface area contributed by atoms with Crippen LogP contribution < -0.4 is 5.32 Å². The Hall–Kier alpha value is -0.890. The van der Waals surface area contributed by atoms with Gasteiger partial charge in [0, 0.05) is 0 Å². The molecular formula is C45H89NO10. The van der Waals surface area contributed by atoms with Gasteiger partial charge in [0.1, 0.15) is 36.6 Å². The minimum atomic E-state index is -1.66. The first kappa shape index (κ1) is 53.1. The van der Waals surface area contributed by atoms with Crippen molar-refractivity contribution in [3.63, 3.8) is 0 Å². The minimum Gasteiger partial charge on any atom is -0.394 e. The van der Waals surface area contributed by atoms with E-state index in [4.69, 9.17) is 9.47 Å². The van der Waals surface area contributed by atoms with Gasteiger partial charge in [0.2, 0.25) is 5.91 Å². The van der Waals surface area contributed by atoms with Gasteiger partial charge in [-0.15, -0.1) is 0 Å². The number of aliphatic hydroxyl groups is 7. The highest BCUT2D eigenvalue weighted by Crippen LogP contribution is 2.23. The quantitative estimate of drug-likeness (QED) is 0.0293. The Balaban J connectivity index is 2.42. The lowest BCUT2D eigenvalue weighted by Crippen LogP contribution is -2.60. The smallest absolute Gasteiger partial charge is 0.249 e. The fraction of sp³-hybridized carbons (Fsp3) is 0.978. The number of rotatable bonds is 38. The summed E-state index contributed by atoms with van der Waals surface area (Å²) in [5.41, 5.74) is 0. The van der Waals surface area contributed by atoms with Crippen molar-refractivity contribution in [2.45, 2.75) is 262 Å². The second-order valence-corrected chi connectivity index (χ2v) is 17.3. The van der Waals surface area contributed by atoms with Crippen LogP contribution in [0.1, 0.15) is 207 Å². The molecule has 11 nitrogen and oxygen atoms in total. The van der Waals surface area contributed by atoms with Crippen LogP contribution in [-0.2, 0) is 14.3 Å². The molecule has 1 saturated heterocycles. The number of carbonyl (C=O) groups excluding carboxylic acids is 1. The zero-order chi connectivity index (χ0) is 41.4. The zero-order valence-electron chi connectivity index (χ0n) is 36.0. The maximum atomic E-state index is 13.1. The average Bonchev–Trinajstić information content (AvgIpc) is 3.18. The molecule has 1 amide bonds. The van der Waals surface area contributed by atoms with Crippen molar-refractivity contribution in [1.82, 2.24) is 5.32 Å². The first-order chi connectivity index (χ1) is 27.0. The largest absolute Gasteiger partial charge is 0.394 e. The van der Waals surface area contributed by atoms with Gasteiger partial charge in [-0.3, -0.25) is 4.79 Å². The van der Waals surface area contributed by atoms with E-state index in [1.165, 1.54) is 122 Å². The summed E-state index contributed by atoms with van der Waals surface area (Å²) in [7, 11) is 0. The molecule has 11 heteroatoms. The average molecular weight is 804 g/mol. The molecule has 0 bridgehead atoms. The first-order valence-electron chi connectivity index (χ1n) is 23.3. The Morgan fingerprint density at radius 3 is 1.43 bits per heavy atom. The molecule has 0 aromatic heterocycles. The van der Waals surface area contributed by atoms with Gasteiger partial charge in [0.05, 0.1) is 25.4 Å². The summed E-state index contributed by atoms with van der Waals surface area (Å²) in [6, 6.07) is -1.16. The molecule has 0 radical (unpaired) electrons. The molecule has 1 aliphatic heterocycles. The molecule has 0 saturated carbocycles. The summed E-state index contributed by atoms with van der Waals surface area (Å²) in [5.74, 6) is 0.0522. The van der Waals surface area contributed by atoms with Gasteiger partial charge in [0.25, 0.3) is 0 Å². The second-order valence-electron chi connectivity index (χ2n) is 17.3. The number of hydrogen-bond donors (Lipinski definition) is 8. The lowest BCUT2D eigenvalue weighted by atomic mass is 9.98. The van der Waals surface area contributed by atoms with Gasteiger partial charge in [-0.25, -0.2) is 0 Å². The van der Waals surface area contributed by atoms with E-state index < -0.39 is 74.2 Å². The Morgan fingerprint density at radius 2 is 1.00 bits per heavy atom. The molecule has 56 heavy (non-hydrogen) atoms. The van der Waals surface area contributed by atoms with Gasteiger partial charge < -0.3 is 50.5 Å². The van der Waals surface area contributed by atoms with Crippen molar-refractivity contribution >= 4 is 5.91 Å². The van der Waals surface area contributed by atoms with E-state index in [1.54, 1.807) is 0 Å². The third-order valence-corrected chi connectivity index (χ3v) is 11.6. The lowest BCUT2D eigenvalue weighted by Gasteiger charge is -2.40. The number of carbonyl (C=O) groups is 1.